The standard InChI is InChI=1S/C28H24N2O6S/c1-15-8-13-19-21(14-15)37-28(29-19)30-23(18-6-5-7-20(35-3)26(18)36-4)22(25(32)27(30)33)24(31)16-9-11-17(34-2)12-10-16/h5-14,23,31H,1-4H3/b24-22+/t23-/m1/s1. The molecular formula is C28H24N2O6S. The van der Waals surface area contributed by atoms with Gasteiger partial charge in [0.05, 0.1) is 37.1 Å². The van der Waals surface area contributed by atoms with E-state index in [2.05, 4.69) is 4.98 Å². The summed E-state index contributed by atoms with van der Waals surface area (Å²) in [4.78, 5) is 33.0. The highest BCUT2D eigenvalue weighted by Gasteiger charge is 2.49. The number of aryl methyl sites for hydroxylation is 1. The first-order valence-electron chi connectivity index (χ1n) is 11.4. The molecule has 0 aliphatic carbocycles. The van der Waals surface area contributed by atoms with Gasteiger partial charge < -0.3 is 19.3 Å². The maximum absolute atomic E-state index is 13.5. The second-order valence-corrected chi connectivity index (χ2v) is 9.46. The van der Waals surface area contributed by atoms with Crippen LogP contribution in [0.1, 0.15) is 22.7 Å². The number of benzene rings is 3. The molecule has 1 aromatic heterocycles. The van der Waals surface area contributed by atoms with E-state index in [9.17, 15) is 14.7 Å². The zero-order chi connectivity index (χ0) is 26.3. The number of carbonyl (C=O) groups excluding carboxylic acids is 2. The van der Waals surface area contributed by atoms with E-state index in [1.807, 2.05) is 25.1 Å². The number of carbonyl (C=O) groups is 2. The molecule has 1 N–H and O–H groups in total. The number of aromatic nitrogens is 1. The van der Waals surface area contributed by atoms with Gasteiger partial charge in [-0.1, -0.05) is 29.5 Å². The van der Waals surface area contributed by atoms with E-state index in [1.54, 1.807) is 42.5 Å². The van der Waals surface area contributed by atoms with Crippen LogP contribution in [0.2, 0.25) is 0 Å². The second kappa shape index (κ2) is 9.59. The van der Waals surface area contributed by atoms with Gasteiger partial charge in [-0.2, -0.15) is 0 Å². The highest BCUT2D eigenvalue weighted by molar-refractivity contribution is 7.22. The summed E-state index contributed by atoms with van der Waals surface area (Å²) >= 11 is 1.30. The van der Waals surface area contributed by atoms with Crippen molar-refractivity contribution in [1.29, 1.82) is 0 Å². The summed E-state index contributed by atoms with van der Waals surface area (Å²) in [5.74, 6) is -0.558. The van der Waals surface area contributed by atoms with Gasteiger partial charge >= 0.3 is 5.91 Å². The van der Waals surface area contributed by atoms with Gasteiger partial charge in [-0.3, -0.25) is 14.5 Å². The number of ketones is 1. The summed E-state index contributed by atoms with van der Waals surface area (Å²) in [5, 5.41) is 11.7. The molecule has 1 atom stereocenters. The first-order chi connectivity index (χ1) is 17.9. The van der Waals surface area contributed by atoms with Gasteiger partial charge in [0, 0.05) is 11.1 Å². The van der Waals surface area contributed by atoms with E-state index in [1.165, 1.54) is 37.6 Å². The molecule has 3 aromatic carbocycles. The van der Waals surface area contributed by atoms with Crippen LogP contribution in [0.4, 0.5) is 5.13 Å². The molecule has 0 spiro atoms. The Morgan fingerprint density at radius 1 is 0.973 bits per heavy atom. The summed E-state index contributed by atoms with van der Waals surface area (Å²) in [7, 11) is 4.53. The van der Waals surface area contributed by atoms with E-state index < -0.39 is 17.7 Å². The summed E-state index contributed by atoms with van der Waals surface area (Å²) in [6.07, 6.45) is 0. The zero-order valence-electron chi connectivity index (χ0n) is 20.6. The number of ether oxygens (including phenoxy) is 3. The summed E-state index contributed by atoms with van der Waals surface area (Å²) in [5.41, 5.74) is 2.53. The molecule has 1 aliphatic rings. The largest absolute Gasteiger partial charge is 0.507 e. The third-order valence-electron chi connectivity index (χ3n) is 6.27. The van der Waals surface area contributed by atoms with Crippen molar-refractivity contribution >= 4 is 44.1 Å². The maximum atomic E-state index is 13.5. The predicted molar refractivity (Wildman–Crippen MR) is 142 cm³/mol. The van der Waals surface area contributed by atoms with Gasteiger partial charge in [0.1, 0.15) is 17.6 Å². The molecular weight excluding hydrogens is 492 g/mol. The van der Waals surface area contributed by atoms with Crippen molar-refractivity contribution in [2.24, 2.45) is 0 Å². The molecule has 0 saturated carbocycles. The van der Waals surface area contributed by atoms with E-state index in [0.29, 0.717) is 39.0 Å². The first-order valence-corrected chi connectivity index (χ1v) is 12.2. The van der Waals surface area contributed by atoms with Crippen molar-refractivity contribution in [2.45, 2.75) is 13.0 Å². The maximum Gasteiger partial charge on any atom is 0.301 e. The van der Waals surface area contributed by atoms with Crippen molar-refractivity contribution in [3.05, 3.63) is 82.9 Å². The van der Waals surface area contributed by atoms with E-state index in [4.69, 9.17) is 14.2 Å². The number of Topliss-reactive ketones (excluding diaryl/α,β-unsaturated/α-hetero) is 1. The smallest absolute Gasteiger partial charge is 0.301 e. The Kier molecular flexibility index (Phi) is 6.31. The molecule has 0 bridgehead atoms. The Hall–Kier alpha value is -4.37. The number of hydrogen-bond acceptors (Lipinski definition) is 8. The average molecular weight is 517 g/mol. The number of nitrogens with zero attached hydrogens (tertiary/aromatic N) is 2. The normalized spacial score (nSPS) is 16.9. The number of para-hydroxylation sites is 1. The Balaban J connectivity index is 1.77. The molecule has 9 heteroatoms. The Labute approximate surface area is 217 Å². The number of aliphatic hydroxyl groups excluding tert-OH is 1. The van der Waals surface area contributed by atoms with Crippen LogP contribution in [-0.2, 0) is 9.59 Å². The second-order valence-electron chi connectivity index (χ2n) is 8.45. The van der Waals surface area contributed by atoms with E-state index in [-0.39, 0.29) is 11.3 Å². The Bertz CT molecular complexity index is 1560. The molecule has 2 heterocycles. The summed E-state index contributed by atoms with van der Waals surface area (Å²) in [6, 6.07) is 16.6. The fourth-order valence-electron chi connectivity index (χ4n) is 4.48. The molecule has 4 aromatic rings. The molecule has 0 unspecified atom stereocenters. The molecule has 37 heavy (non-hydrogen) atoms. The fraction of sp³-hybridized carbons (Fsp3) is 0.179. The first kappa shape index (κ1) is 24.3. The van der Waals surface area contributed by atoms with Crippen molar-refractivity contribution in [2.75, 3.05) is 26.2 Å². The molecule has 188 valence electrons. The number of methoxy groups -OCH3 is 3. The van der Waals surface area contributed by atoms with Gasteiger partial charge in [0.25, 0.3) is 5.78 Å². The minimum atomic E-state index is -1.01. The minimum absolute atomic E-state index is 0.0721. The number of hydrogen-bond donors (Lipinski definition) is 1. The van der Waals surface area contributed by atoms with Gasteiger partial charge in [-0.25, -0.2) is 4.98 Å². The molecule has 1 saturated heterocycles. The zero-order valence-corrected chi connectivity index (χ0v) is 21.5. The number of anilines is 1. The number of thiazole rings is 1. The highest BCUT2D eigenvalue weighted by Crippen LogP contribution is 2.48. The van der Waals surface area contributed by atoms with Crippen molar-refractivity contribution in [3.8, 4) is 17.2 Å². The molecule has 1 fully saturated rings. The van der Waals surface area contributed by atoms with Crippen LogP contribution in [0.15, 0.2) is 66.2 Å². The third-order valence-corrected chi connectivity index (χ3v) is 7.29. The quantitative estimate of drug-likeness (QED) is 0.212. The van der Waals surface area contributed by atoms with Crippen LogP contribution in [-0.4, -0.2) is 43.1 Å². The van der Waals surface area contributed by atoms with E-state index >= 15 is 0 Å². The lowest BCUT2D eigenvalue weighted by molar-refractivity contribution is -0.132. The van der Waals surface area contributed by atoms with Crippen LogP contribution in [0.5, 0.6) is 17.2 Å². The van der Waals surface area contributed by atoms with Crippen molar-refractivity contribution in [1.82, 2.24) is 4.98 Å². The van der Waals surface area contributed by atoms with Crippen LogP contribution >= 0.6 is 11.3 Å². The minimum Gasteiger partial charge on any atom is -0.507 e. The Morgan fingerprint density at radius 2 is 1.73 bits per heavy atom. The topological polar surface area (TPSA) is 98.2 Å². The van der Waals surface area contributed by atoms with Crippen LogP contribution < -0.4 is 19.1 Å². The van der Waals surface area contributed by atoms with Gasteiger partial charge in [-0.15, -0.1) is 0 Å². The van der Waals surface area contributed by atoms with Gasteiger partial charge in [0.2, 0.25) is 0 Å². The van der Waals surface area contributed by atoms with E-state index in [0.717, 1.165) is 10.3 Å². The Morgan fingerprint density at radius 3 is 2.41 bits per heavy atom. The van der Waals surface area contributed by atoms with Crippen molar-refractivity contribution < 1.29 is 28.9 Å². The predicted octanol–water partition coefficient (Wildman–Crippen LogP) is 5.26. The van der Waals surface area contributed by atoms with Gasteiger partial charge in [0.15, 0.2) is 16.6 Å². The summed E-state index contributed by atoms with van der Waals surface area (Å²) < 4.78 is 17.2. The molecule has 0 radical (unpaired) electrons. The molecule has 1 aliphatic heterocycles. The highest BCUT2D eigenvalue weighted by atomic mass is 32.1. The van der Waals surface area contributed by atoms with Crippen LogP contribution in [0.25, 0.3) is 16.0 Å². The molecule has 1 amide bonds. The number of aliphatic hydroxyl groups is 1. The SMILES string of the molecule is COc1ccc(/C(O)=C2\C(=O)C(=O)N(c3nc4ccc(C)cc4s3)[C@@H]2c2cccc(OC)c2OC)cc1. The average Bonchev–Trinajstić information content (AvgIpc) is 3.45. The summed E-state index contributed by atoms with van der Waals surface area (Å²) in [6.45, 7) is 1.97. The fourth-order valence-corrected chi connectivity index (χ4v) is 5.57. The van der Waals surface area contributed by atoms with Gasteiger partial charge in [-0.05, 0) is 55.0 Å². The van der Waals surface area contributed by atoms with Crippen LogP contribution in [0.3, 0.4) is 0 Å². The number of rotatable bonds is 6. The third kappa shape index (κ3) is 4.07. The monoisotopic (exact) mass is 516 g/mol. The molecule has 5 rings (SSSR count). The van der Waals surface area contributed by atoms with Crippen LogP contribution in [0, 0.1) is 6.92 Å². The lowest BCUT2D eigenvalue weighted by Crippen LogP contribution is -2.29. The van der Waals surface area contributed by atoms with Crippen molar-refractivity contribution in [3.63, 3.8) is 0 Å². The lowest BCUT2D eigenvalue weighted by atomic mass is 9.94. The number of fused-ring (bicyclic) bond motifs is 1. The lowest BCUT2D eigenvalue weighted by Gasteiger charge is -2.25. The molecule has 8 nitrogen and oxygen atoms in total. The number of amides is 1.